The number of hydrogen-bond donors (Lipinski definition) is 4. The molecule has 1 saturated heterocycles. The number of hydrogen-bond acceptors (Lipinski definition) is 9. The van der Waals surface area contributed by atoms with Gasteiger partial charge in [0.2, 0.25) is 21.8 Å². The predicted molar refractivity (Wildman–Crippen MR) is 143 cm³/mol. The minimum Gasteiger partial charge on any atom is -0.465 e. The Hall–Kier alpha value is -3.80. The number of benzene rings is 1. The van der Waals surface area contributed by atoms with E-state index in [-0.39, 0.29) is 55.6 Å². The van der Waals surface area contributed by atoms with Gasteiger partial charge in [0.15, 0.2) is 5.96 Å². The molecule has 0 bridgehead atoms. The molecule has 2 aliphatic rings. The van der Waals surface area contributed by atoms with Gasteiger partial charge in [-0.25, -0.2) is 22.3 Å². The average Bonchev–Trinajstić information content (AvgIpc) is 3.07. The normalized spacial score (nSPS) is 21.3. The van der Waals surface area contributed by atoms with Crippen LogP contribution in [0, 0.1) is 11.7 Å². The first-order valence-electron chi connectivity index (χ1n) is 13.2. The molecule has 1 fully saturated rings. The van der Waals surface area contributed by atoms with E-state index < -0.39 is 63.5 Å². The lowest BCUT2D eigenvalue weighted by molar-refractivity contribution is -0.172. The number of nitrogens with one attached hydrogen (secondary N) is 4. The van der Waals surface area contributed by atoms with Crippen molar-refractivity contribution in [3.63, 3.8) is 0 Å². The zero-order valence-corrected chi connectivity index (χ0v) is 24.1. The summed E-state index contributed by atoms with van der Waals surface area (Å²) in [5.74, 6) is -6.44. The second-order valence-electron chi connectivity index (χ2n) is 10.1. The maximum atomic E-state index is 13.8. The molecule has 0 aromatic heterocycles. The summed E-state index contributed by atoms with van der Waals surface area (Å²) in [5.41, 5.74) is -0.294. The third-order valence-electron chi connectivity index (χ3n) is 6.86. The maximum Gasteiger partial charge on any atom is 0.471 e. The van der Waals surface area contributed by atoms with Gasteiger partial charge in [-0.3, -0.25) is 24.7 Å². The van der Waals surface area contributed by atoms with Crippen LogP contribution in [0.1, 0.15) is 42.1 Å². The van der Waals surface area contributed by atoms with Gasteiger partial charge >= 0.3 is 18.1 Å². The van der Waals surface area contributed by atoms with Gasteiger partial charge in [-0.05, 0) is 49.9 Å². The number of alkyl halides is 3. The lowest BCUT2D eigenvalue weighted by atomic mass is 10.00. The number of rotatable bonds is 9. The Kier molecular flexibility index (Phi) is 11.1. The topological polar surface area (TPSA) is 175 Å². The molecular formula is C25H32F4N6O7S. The van der Waals surface area contributed by atoms with E-state index in [0.717, 1.165) is 25.3 Å². The zero-order chi connectivity index (χ0) is 31.9. The van der Waals surface area contributed by atoms with Crippen LogP contribution in [0.15, 0.2) is 23.2 Å². The summed E-state index contributed by atoms with van der Waals surface area (Å²) in [7, 11) is -3.15. The third-order valence-corrected chi connectivity index (χ3v) is 8.20. The van der Waals surface area contributed by atoms with Crippen molar-refractivity contribution in [1.29, 1.82) is 0 Å². The van der Waals surface area contributed by atoms with Crippen molar-refractivity contribution < 1.29 is 49.9 Å². The Morgan fingerprint density at radius 1 is 1.21 bits per heavy atom. The van der Waals surface area contributed by atoms with Crippen LogP contribution in [-0.4, -0.2) is 94.5 Å². The number of methoxy groups -OCH3 is 1. The van der Waals surface area contributed by atoms with E-state index >= 15 is 0 Å². The molecule has 3 amide bonds. The van der Waals surface area contributed by atoms with E-state index in [4.69, 9.17) is 0 Å². The molecule has 1 aromatic carbocycles. The van der Waals surface area contributed by atoms with Gasteiger partial charge < -0.3 is 20.3 Å². The maximum absolute atomic E-state index is 13.8. The van der Waals surface area contributed by atoms with Crippen molar-refractivity contribution in [2.45, 2.75) is 50.2 Å². The van der Waals surface area contributed by atoms with Gasteiger partial charge in [0.05, 0.1) is 25.0 Å². The van der Waals surface area contributed by atoms with Gasteiger partial charge in [0.1, 0.15) is 11.9 Å². The predicted octanol–water partition coefficient (Wildman–Crippen LogP) is 0.171. The van der Waals surface area contributed by atoms with E-state index in [0.29, 0.717) is 12.8 Å². The summed E-state index contributed by atoms with van der Waals surface area (Å²) in [6.07, 6.45) is -3.95. The fourth-order valence-corrected chi connectivity index (χ4v) is 5.92. The molecule has 13 nitrogen and oxygen atoms in total. The van der Waals surface area contributed by atoms with E-state index in [9.17, 15) is 45.2 Å². The molecule has 0 unspecified atom stereocenters. The lowest BCUT2D eigenvalue weighted by Crippen LogP contribution is -2.55. The standard InChI is InChI=1S/C25H32F4N6O7S/c1-14-16(11-31-24(32-14)33-23(39)25(27,28)29)10-30-20(36)12-35-8-4-3-5-19(21(35)37)34-43(40,41)13-15-9-17(26)6-7-18(15)22(38)42-2/h6-7,9,14,16,19,34H,3-5,8,10-13H2,1-2H3,(H,30,36)(H2,31,32,33,39)/t14-,16-,19+/m1/s1. The lowest BCUT2D eigenvalue weighted by Gasteiger charge is -2.30. The fraction of sp³-hybridized carbons (Fsp3) is 0.560. The van der Waals surface area contributed by atoms with E-state index in [1.165, 1.54) is 4.90 Å². The molecule has 3 atom stereocenters. The largest absolute Gasteiger partial charge is 0.471 e. The summed E-state index contributed by atoms with van der Waals surface area (Å²) in [6.45, 7) is 1.52. The third kappa shape index (κ3) is 9.60. The van der Waals surface area contributed by atoms with Gasteiger partial charge in [-0.2, -0.15) is 13.2 Å². The first kappa shape index (κ1) is 33.7. The van der Waals surface area contributed by atoms with E-state index in [1.54, 1.807) is 12.2 Å². The molecule has 0 saturated carbocycles. The number of carbonyl (C=O) groups is 4. The molecule has 238 valence electrons. The number of aliphatic imine (C=N–C) groups is 1. The van der Waals surface area contributed by atoms with Crippen molar-refractivity contribution >= 4 is 39.7 Å². The molecule has 4 N–H and O–H groups in total. The van der Waals surface area contributed by atoms with Crippen LogP contribution < -0.4 is 20.7 Å². The first-order chi connectivity index (χ1) is 20.1. The smallest absolute Gasteiger partial charge is 0.465 e. The van der Waals surface area contributed by atoms with E-state index in [2.05, 4.69) is 25.1 Å². The molecule has 2 heterocycles. The van der Waals surface area contributed by atoms with Crippen LogP contribution in [0.3, 0.4) is 0 Å². The number of nitrogens with zero attached hydrogens (tertiary/aromatic N) is 2. The summed E-state index contributed by atoms with van der Waals surface area (Å²) in [6, 6.07) is 1.33. The van der Waals surface area contributed by atoms with Gasteiger partial charge in [-0.15, -0.1) is 0 Å². The number of halogens is 4. The zero-order valence-electron chi connectivity index (χ0n) is 23.3. The molecule has 0 aliphatic carbocycles. The summed E-state index contributed by atoms with van der Waals surface area (Å²) < 4.78 is 84.0. The van der Waals surface area contributed by atoms with Crippen molar-refractivity contribution in [2.24, 2.45) is 10.9 Å². The number of sulfonamides is 1. The van der Waals surface area contributed by atoms with Crippen LogP contribution in [0.4, 0.5) is 17.6 Å². The van der Waals surface area contributed by atoms with Crippen LogP contribution >= 0.6 is 0 Å². The Morgan fingerprint density at radius 2 is 1.93 bits per heavy atom. The number of esters is 1. The quantitative estimate of drug-likeness (QED) is 0.219. The van der Waals surface area contributed by atoms with Crippen molar-refractivity contribution in [2.75, 3.05) is 33.3 Å². The van der Waals surface area contributed by atoms with Crippen molar-refractivity contribution in [3.8, 4) is 0 Å². The second-order valence-corrected chi connectivity index (χ2v) is 11.9. The molecule has 3 rings (SSSR count). The van der Waals surface area contributed by atoms with Crippen LogP contribution in [0.2, 0.25) is 0 Å². The van der Waals surface area contributed by atoms with Gasteiger partial charge in [0.25, 0.3) is 0 Å². The van der Waals surface area contributed by atoms with Crippen LogP contribution in [-0.2, 0) is 34.9 Å². The number of ether oxygens (including phenoxy) is 1. The number of carbonyl (C=O) groups excluding carboxylic acids is 4. The monoisotopic (exact) mass is 636 g/mol. The Labute approximate surface area is 244 Å². The number of amides is 3. The highest BCUT2D eigenvalue weighted by molar-refractivity contribution is 7.88. The summed E-state index contributed by atoms with van der Waals surface area (Å²) in [5, 5.41) is 6.93. The molecule has 2 aliphatic heterocycles. The molecule has 18 heteroatoms. The first-order valence-corrected chi connectivity index (χ1v) is 14.9. The van der Waals surface area contributed by atoms with Gasteiger partial charge in [-0.1, -0.05) is 0 Å². The molecule has 0 radical (unpaired) electrons. The van der Waals surface area contributed by atoms with E-state index in [1.807, 2.05) is 0 Å². The minimum atomic E-state index is -5.07. The van der Waals surface area contributed by atoms with Crippen molar-refractivity contribution in [3.05, 3.63) is 35.1 Å². The average molecular weight is 637 g/mol. The number of guanidine groups is 1. The number of likely N-dealkylation sites (tertiary alicyclic amines) is 1. The van der Waals surface area contributed by atoms with Gasteiger partial charge in [0, 0.05) is 31.6 Å². The molecular weight excluding hydrogens is 604 g/mol. The van der Waals surface area contributed by atoms with Crippen LogP contribution in [0.25, 0.3) is 0 Å². The highest BCUT2D eigenvalue weighted by atomic mass is 32.2. The Morgan fingerprint density at radius 3 is 2.58 bits per heavy atom. The highest BCUT2D eigenvalue weighted by Gasteiger charge is 2.40. The second kappa shape index (κ2) is 14.1. The minimum absolute atomic E-state index is 0.0113. The summed E-state index contributed by atoms with van der Waals surface area (Å²) >= 11 is 0. The molecule has 0 spiro atoms. The fourth-order valence-electron chi connectivity index (χ4n) is 4.54. The summed E-state index contributed by atoms with van der Waals surface area (Å²) in [4.78, 5) is 54.1. The van der Waals surface area contributed by atoms with Crippen LogP contribution in [0.5, 0.6) is 0 Å². The highest BCUT2D eigenvalue weighted by Crippen LogP contribution is 2.19. The van der Waals surface area contributed by atoms with Crippen molar-refractivity contribution in [1.82, 2.24) is 25.6 Å². The Bertz CT molecular complexity index is 1370. The SMILES string of the molecule is COC(=O)c1ccc(F)cc1CS(=O)(=O)N[C@H]1CCCCN(CC(=O)NC[C@@H]2CN=C(NC(=O)C(F)(F)F)N[C@@H]2C)C1=O. The molecule has 1 aromatic rings. The molecule has 43 heavy (non-hydrogen) atoms. The Balaban J connectivity index is 1.57.